The van der Waals surface area contributed by atoms with Crippen molar-refractivity contribution in [3.63, 3.8) is 0 Å². The molecule has 8 nitrogen and oxygen atoms in total. The molecule has 0 saturated heterocycles. The minimum absolute atomic E-state index is 0.0231. The quantitative estimate of drug-likeness (QED) is 0.132. The molecule has 0 aliphatic carbocycles. The smallest absolute Gasteiger partial charge is 0.333 e. The molecule has 0 N–H and O–H groups in total. The molecule has 0 aromatic carbocycles. The number of unbranched alkanes of at least 4 members (excludes halogenated alkanes) is 2. The molecule has 0 aromatic rings. The van der Waals surface area contributed by atoms with Crippen molar-refractivity contribution in [3.8, 4) is 0 Å². The van der Waals surface area contributed by atoms with Crippen LogP contribution in [0.25, 0.3) is 0 Å². The maximum Gasteiger partial charge on any atom is 0.333 e. The van der Waals surface area contributed by atoms with Gasteiger partial charge in [0.1, 0.15) is 6.61 Å². The normalized spacial score (nSPS) is 13.0. The molecule has 0 aliphatic heterocycles. The zero-order valence-corrected chi connectivity index (χ0v) is 19.6. The van der Waals surface area contributed by atoms with Gasteiger partial charge in [-0.2, -0.15) is 0 Å². The highest BCUT2D eigenvalue weighted by molar-refractivity contribution is 7.54. The number of rotatable bonds is 17. The molecule has 0 heterocycles. The van der Waals surface area contributed by atoms with Crippen molar-refractivity contribution in [2.45, 2.75) is 52.9 Å². The summed E-state index contributed by atoms with van der Waals surface area (Å²) in [5, 5.41) is 0. The molecule has 28 heavy (non-hydrogen) atoms. The number of ether oxygens (including phenoxy) is 1. The SMILES string of the molecule is CCCCOP(=O)(CCC=C(C)C(=O)OCCP(=O)(OC)OC)OCCCC. The maximum atomic E-state index is 12.8. The highest BCUT2D eigenvalue weighted by atomic mass is 31.2. The Kier molecular flexibility index (Phi) is 15.1. The van der Waals surface area contributed by atoms with Gasteiger partial charge in [-0.3, -0.25) is 9.13 Å². The van der Waals surface area contributed by atoms with Gasteiger partial charge >= 0.3 is 21.2 Å². The van der Waals surface area contributed by atoms with Crippen LogP contribution in [0.3, 0.4) is 0 Å². The first-order valence-electron chi connectivity index (χ1n) is 9.68. The van der Waals surface area contributed by atoms with Crippen LogP contribution in [-0.2, 0) is 36.8 Å². The number of esters is 1. The van der Waals surface area contributed by atoms with Gasteiger partial charge in [-0.15, -0.1) is 0 Å². The molecule has 0 bridgehead atoms. The first-order valence-corrected chi connectivity index (χ1v) is 13.1. The molecule has 0 atom stereocenters. The van der Waals surface area contributed by atoms with Gasteiger partial charge in [0.25, 0.3) is 0 Å². The molecular weight excluding hydrogens is 406 g/mol. The van der Waals surface area contributed by atoms with Crippen LogP contribution in [0.4, 0.5) is 0 Å². The number of hydrogen-bond donors (Lipinski definition) is 0. The fraction of sp³-hybridized carbons (Fsp3) is 0.833. The van der Waals surface area contributed by atoms with Crippen LogP contribution >= 0.6 is 15.2 Å². The van der Waals surface area contributed by atoms with Gasteiger partial charge < -0.3 is 22.8 Å². The van der Waals surface area contributed by atoms with E-state index in [4.69, 9.17) is 22.8 Å². The largest absolute Gasteiger partial charge is 0.462 e. The van der Waals surface area contributed by atoms with E-state index in [-0.39, 0.29) is 18.9 Å². The van der Waals surface area contributed by atoms with Crippen LogP contribution in [-0.4, -0.2) is 52.3 Å². The van der Waals surface area contributed by atoms with E-state index in [0.717, 1.165) is 25.7 Å². The Bertz CT molecular complexity index is 540. The summed E-state index contributed by atoms with van der Waals surface area (Å²) >= 11 is 0. The van der Waals surface area contributed by atoms with E-state index in [1.807, 2.05) is 13.8 Å². The Morgan fingerprint density at radius 2 is 1.39 bits per heavy atom. The van der Waals surface area contributed by atoms with Crippen molar-refractivity contribution in [2.75, 3.05) is 46.4 Å². The lowest BCUT2D eigenvalue weighted by Gasteiger charge is -2.18. The van der Waals surface area contributed by atoms with Crippen LogP contribution < -0.4 is 0 Å². The lowest BCUT2D eigenvalue weighted by molar-refractivity contribution is -0.138. The summed E-state index contributed by atoms with van der Waals surface area (Å²) in [6.07, 6.45) is 5.71. The highest BCUT2D eigenvalue weighted by Crippen LogP contribution is 2.49. The zero-order chi connectivity index (χ0) is 21.5. The highest BCUT2D eigenvalue weighted by Gasteiger charge is 2.24. The second-order valence-corrected chi connectivity index (χ2v) is 10.8. The minimum Gasteiger partial charge on any atom is -0.462 e. The fourth-order valence-electron chi connectivity index (χ4n) is 2.01. The Labute approximate surface area is 169 Å². The van der Waals surface area contributed by atoms with E-state index in [2.05, 4.69) is 0 Å². The molecule has 166 valence electrons. The molecule has 0 rings (SSSR count). The van der Waals surface area contributed by atoms with E-state index in [0.29, 0.717) is 25.2 Å². The average molecular weight is 442 g/mol. The molecule has 10 heteroatoms. The van der Waals surface area contributed by atoms with Gasteiger partial charge in [0.15, 0.2) is 0 Å². The summed E-state index contributed by atoms with van der Waals surface area (Å²) < 4.78 is 50.4. The van der Waals surface area contributed by atoms with Gasteiger partial charge in [0, 0.05) is 19.8 Å². The summed E-state index contributed by atoms with van der Waals surface area (Å²) in [6.45, 7) is 6.37. The molecule has 0 aliphatic rings. The average Bonchev–Trinajstić information content (AvgIpc) is 2.68. The molecule has 0 radical (unpaired) electrons. The molecule has 0 fully saturated rings. The van der Waals surface area contributed by atoms with Crippen molar-refractivity contribution >= 4 is 21.2 Å². The summed E-state index contributed by atoms with van der Waals surface area (Å²) in [7, 11) is -3.83. The lowest BCUT2D eigenvalue weighted by atomic mass is 10.2. The van der Waals surface area contributed by atoms with Gasteiger partial charge in [-0.25, -0.2) is 4.79 Å². The summed E-state index contributed by atoms with van der Waals surface area (Å²) in [5.74, 6) is -0.535. The van der Waals surface area contributed by atoms with E-state index >= 15 is 0 Å². The van der Waals surface area contributed by atoms with E-state index in [1.54, 1.807) is 13.0 Å². The van der Waals surface area contributed by atoms with Gasteiger partial charge in [-0.05, 0) is 26.2 Å². The monoisotopic (exact) mass is 442 g/mol. The number of hydrogen-bond acceptors (Lipinski definition) is 8. The number of allylic oxidation sites excluding steroid dienone is 1. The maximum absolute atomic E-state index is 12.8. The Balaban J connectivity index is 4.55. The van der Waals surface area contributed by atoms with E-state index < -0.39 is 21.2 Å². The predicted octanol–water partition coefficient (Wildman–Crippen LogP) is 5.18. The molecule has 0 saturated carbocycles. The van der Waals surface area contributed by atoms with Gasteiger partial charge in [0.05, 0.1) is 25.5 Å². The van der Waals surface area contributed by atoms with Crippen molar-refractivity contribution in [3.05, 3.63) is 11.6 Å². The zero-order valence-electron chi connectivity index (χ0n) is 17.8. The molecule has 0 amide bonds. The standard InChI is InChI=1S/C18H36O8P2/c1-6-8-12-25-28(21,26-13-9-7-2)15-10-11-17(3)18(19)24-14-16-27(20,22-4)23-5/h11H,6-10,12-16H2,1-5H3. The third-order valence-corrected chi connectivity index (χ3v) is 7.70. The fourth-order valence-corrected chi connectivity index (χ4v) is 4.43. The van der Waals surface area contributed by atoms with Crippen LogP contribution in [0.15, 0.2) is 11.6 Å². The third-order valence-electron chi connectivity index (χ3n) is 3.90. The van der Waals surface area contributed by atoms with Crippen molar-refractivity contribution < 1.29 is 36.8 Å². The van der Waals surface area contributed by atoms with E-state index in [9.17, 15) is 13.9 Å². The summed E-state index contributed by atoms with van der Waals surface area (Å²) in [5.41, 5.74) is 0.373. The van der Waals surface area contributed by atoms with Crippen LogP contribution in [0.5, 0.6) is 0 Å². The van der Waals surface area contributed by atoms with Gasteiger partial charge in [-0.1, -0.05) is 32.8 Å². The Hall–Kier alpha value is -0.490. The van der Waals surface area contributed by atoms with E-state index in [1.165, 1.54) is 14.2 Å². The van der Waals surface area contributed by atoms with Crippen LogP contribution in [0, 0.1) is 0 Å². The minimum atomic E-state index is -3.20. The van der Waals surface area contributed by atoms with Crippen molar-refractivity contribution in [1.82, 2.24) is 0 Å². The number of carbonyl (C=O) groups excluding carboxylic acids is 1. The van der Waals surface area contributed by atoms with Crippen LogP contribution in [0.1, 0.15) is 52.9 Å². The van der Waals surface area contributed by atoms with Crippen molar-refractivity contribution in [1.29, 1.82) is 0 Å². The first-order chi connectivity index (χ1) is 13.3. The first kappa shape index (κ1) is 27.5. The number of carbonyl (C=O) groups is 1. The Morgan fingerprint density at radius 3 is 1.86 bits per heavy atom. The summed E-state index contributed by atoms with van der Waals surface area (Å²) in [4.78, 5) is 12.0. The topological polar surface area (TPSA) is 97.4 Å². The lowest BCUT2D eigenvalue weighted by Crippen LogP contribution is -2.11. The Morgan fingerprint density at radius 1 is 0.857 bits per heavy atom. The van der Waals surface area contributed by atoms with Crippen molar-refractivity contribution in [2.24, 2.45) is 0 Å². The molecule has 0 aromatic heterocycles. The van der Waals surface area contributed by atoms with Crippen LogP contribution in [0.2, 0.25) is 0 Å². The molecule has 0 unspecified atom stereocenters. The van der Waals surface area contributed by atoms with Gasteiger partial charge in [0.2, 0.25) is 0 Å². The molecular formula is C18H36O8P2. The summed E-state index contributed by atoms with van der Waals surface area (Å²) in [6, 6.07) is 0. The third kappa shape index (κ3) is 12.2. The molecule has 0 spiro atoms. The second-order valence-electron chi connectivity index (χ2n) is 6.22. The second kappa shape index (κ2) is 15.4. The predicted molar refractivity (Wildman–Crippen MR) is 110 cm³/mol.